The number of carbonyl (C=O) groups excluding carboxylic acids is 1. The van der Waals surface area contributed by atoms with Crippen molar-refractivity contribution in [2.75, 3.05) is 11.9 Å². The number of nitrogens with one attached hydrogen (secondary N) is 1. The Balaban J connectivity index is 1.95. The number of hydrogen-bond donors (Lipinski definition) is 2. The molecule has 0 radical (unpaired) electrons. The van der Waals surface area contributed by atoms with Crippen LogP contribution >= 0.6 is 0 Å². The van der Waals surface area contributed by atoms with E-state index in [4.69, 9.17) is 10.6 Å². The second kappa shape index (κ2) is 4.76. The third-order valence-electron chi connectivity index (χ3n) is 2.29. The van der Waals surface area contributed by atoms with Gasteiger partial charge in [0.15, 0.2) is 0 Å². The van der Waals surface area contributed by atoms with Crippen LogP contribution in [-0.4, -0.2) is 24.3 Å². The number of para-hydroxylation sites is 1. The number of nitrogens with zero attached hydrogens (tertiary/aromatic N) is 1. The lowest BCUT2D eigenvalue weighted by Gasteiger charge is -2.03. The highest BCUT2D eigenvalue weighted by atomic mass is 16.6. The third-order valence-corrected chi connectivity index (χ3v) is 2.29. The van der Waals surface area contributed by atoms with Crippen molar-refractivity contribution in [1.82, 2.24) is 0 Å². The molecule has 1 aromatic rings. The van der Waals surface area contributed by atoms with Crippen molar-refractivity contribution in [3.05, 3.63) is 30.3 Å². The Bertz CT molecular complexity index is 403. The van der Waals surface area contributed by atoms with Crippen LogP contribution in [0, 0.1) is 0 Å². The van der Waals surface area contributed by atoms with Crippen LogP contribution in [0.2, 0.25) is 0 Å². The van der Waals surface area contributed by atoms with Crippen LogP contribution in [0.15, 0.2) is 35.5 Å². The van der Waals surface area contributed by atoms with Gasteiger partial charge in [-0.15, -0.1) is 0 Å². The molecule has 5 heteroatoms. The van der Waals surface area contributed by atoms with E-state index in [1.54, 1.807) is 0 Å². The average Bonchev–Trinajstić information content (AvgIpc) is 2.79. The molecule has 16 heavy (non-hydrogen) atoms. The van der Waals surface area contributed by atoms with Crippen LogP contribution in [0.4, 0.5) is 5.69 Å². The normalized spacial score (nSPS) is 18.8. The molecule has 0 spiro atoms. The molecule has 2 rings (SSSR count). The van der Waals surface area contributed by atoms with Gasteiger partial charge in [0, 0.05) is 18.7 Å². The largest absolute Gasteiger partial charge is 0.390 e. The molecule has 1 atom stereocenters. The Labute approximate surface area is 93.3 Å². The maximum atomic E-state index is 11.7. The Kier molecular flexibility index (Phi) is 3.16. The van der Waals surface area contributed by atoms with E-state index in [1.165, 1.54) is 0 Å². The second-order valence-corrected chi connectivity index (χ2v) is 3.53. The lowest BCUT2D eigenvalue weighted by molar-refractivity contribution is -0.110. The van der Waals surface area contributed by atoms with Crippen molar-refractivity contribution in [3.63, 3.8) is 0 Å². The Hall–Kier alpha value is -1.88. The topological polar surface area (TPSA) is 76.7 Å². The first-order valence-electron chi connectivity index (χ1n) is 5.08. The smallest absolute Gasteiger partial charge is 0.273 e. The molecule has 0 saturated heterocycles. The number of amides is 1. The molecule has 1 aliphatic heterocycles. The number of nitrogens with two attached hydrogens (primary N) is 1. The summed E-state index contributed by atoms with van der Waals surface area (Å²) in [6, 6.07) is 9.22. The van der Waals surface area contributed by atoms with Crippen molar-refractivity contribution in [1.29, 1.82) is 0 Å². The molecule has 3 N–H and O–H groups in total. The first-order chi connectivity index (χ1) is 7.79. The zero-order chi connectivity index (χ0) is 11.4. The van der Waals surface area contributed by atoms with Gasteiger partial charge in [0.25, 0.3) is 5.91 Å². The molecular weight excluding hydrogens is 206 g/mol. The van der Waals surface area contributed by atoms with Crippen LogP contribution < -0.4 is 11.1 Å². The standard InChI is InChI=1S/C11H13N3O2/c12-7-9-6-10(14-16-9)11(15)13-8-4-2-1-3-5-8/h1-5,9H,6-7,12H2,(H,13,15). The van der Waals surface area contributed by atoms with Gasteiger partial charge in [-0.25, -0.2) is 0 Å². The summed E-state index contributed by atoms with van der Waals surface area (Å²) in [6.45, 7) is 0.367. The zero-order valence-corrected chi connectivity index (χ0v) is 8.72. The Morgan fingerprint density at radius 1 is 1.50 bits per heavy atom. The lowest BCUT2D eigenvalue weighted by atomic mass is 10.1. The summed E-state index contributed by atoms with van der Waals surface area (Å²) in [5.74, 6) is -0.234. The molecule has 1 heterocycles. The Morgan fingerprint density at radius 3 is 2.88 bits per heavy atom. The van der Waals surface area contributed by atoms with E-state index in [-0.39, 0.29) is 12.0 Å². The van der Waals surface area contributed by atoms with Crippen molar-refractivity contribution in [2.45, 2.75) is 12.5 Å². The van der Waals surface area contributed by atoms with Crippen molar-refractivity contribution >= 4 is 17.3 Å². The van der Waals surface area contributed by atoms with Crippen LogP contribution in [0.25, 0.3) is 0 Å². The number of benzene rings is 1. The van der Waals surface area contributed by atoms with E-state index in [0.717, 1.165) is 5.69 Å². The molecule has 1 aromatic carbocycles. The summed E-state index contributed by atoms with van der Waals surface area (Å²) in [7, 11) is 0. The minimum Gasteiger partial charge on any atom is -0.390 e. The van der Waals surface area contributed by atoms with Crippen LogP contribution in [0.1, 0.15) is 6.42 Å². The number of carbonyl (C=O) groups is 1. The third kappa shape index (κ3) is 2.38. The van der Waals surface area contributed by atoms with Crippen LogP contribution in [0.5, 0.6) is 0 Å². The minimum absolute atomic E-state index is 0.170. The van der Waals surface area contributed by atoms with Gasteiger partial charge in [-0.05, 0) is 12.1 Å². The summed E-state index contributed by atoms with van der Waals surface area (Å²) >= 11 is 0. The van der Waals surface area contributed by atoms with Gasteiger partial charge < -0.3 is 15.9 Å². The molecule has 1 amide bonds. The molecule has 0 fully saturated rings. The fourth-order valence-electron chi connectivity index (χ4n) is 1.41. The van der Waals surface area contributed by atoms with Crippen LogP contribution in [0.3, 0.4) is 0 Å². The number of rotatable bonds is 3. The fourth-order valence-corrected chi connectivity index (χ4v) is 1.41. The fraction of sp³-hybridized carbons (Fsp3) is 0.273. The molecule has 0 aromatic heterocycles. The van der Waals surface area contributed by atoms with E-state index >= 15 is 0 Å². The van der Waals surface area contributed by atoms with Gasteiger partial charge in [0.2, 0.25) is 0 Å². The molecule has 1 unspecified atom stereocenters. The van der Waals surface area contributed by atoms with E-state index < -0.39 is 0 Å². The number of anilines is 1. The van der Waals surface area contributed by atoms with E-state index in [9.17, 15) is 4.79 Å². The van der Waals surface area contributed by atoms with Gasteiger partial charge in [0.1, 0.15) is 11.8 Å². The second-order valence-electron chi connectivity index (χ2n) is 3.53. The van der Waals surface area contributed by atoms with Crippen molar-refractivity contribution in [2.24, 2.45) is 10.9 Å². The van der Waals surface area contributed by atoms with Crippen molar-refractivity contribution in [3.8, 4) is 0 Å². The van der Waals surface area contributed by atoms with Gasteiger partial charge in [-0.2, -0.15) is 0 Å². The van der Waals surface area contributed by atoms with Gasteiger partial charge in [-0.3, -0.25) is 4.79 Å². The van der Waals surface area contributed by atoms with E-state index in [1.807, 2.05) is 30.3 Å². The molecule has 0 bridgehead atoms. The predicted molar refractivity (Wildman–Crippen MR) is 61.1 cm³/mol. The SMILES string of the molecule is NCC1CC(C(=O)Nc2ccccc2)=NO1. The summed E-state index contributed by atoms with van der Waals surface area (Å²) < 4.78 is 0. The molecule has 5 nitrogen and oxygen atoms in total. The molecule has 0 aliphatic carbocycles. The van der Waals surface area contributed by atoms with Crippen molar-refractivity contribution < 1.29 is 9.63 Å². The first-order valence-corrected chi connectivity index (χ1v) is 5.08. The van der Waals surface area contributed by atoms with E-state index in [0.29, 0.717) is 18.7 Å². The average molecular weight is 219 g/mol. The summed E-state index contributed by atoms with van der Waals surface area (Å²) in [6.07, 6.45) is 0.298. The minimum atomic E-state index is -0.234. The molecule has 84 valence electrons. The monoisotopic (exact) mass is 219 g/mol. The first kappa shape index (κ1) is 10.6. The summed E-state index contributed by atoms with van der Waals surface area (Å²) in [5.41, 5.74) is 6.55. The maximum absolute atomic E-state index is 11.7. The maximum Gasteiger partial charge on any atom is 0.273 e. The lowest BCUT2D eigenvalue weighted by Crippen LogP contribution is -2.25. The highest BCUT2D eigenvalue weighted by Crippen LogP contribution is 2.11. The molecular formula is C11H13N3O2. The zero-order valence-electron chi connectivity index (χ0n) is 8.72. The van der Waals surface area contributed by atoms with Gasteiger partial charge >= 0.3 is 0 Å². The molecule has 0 saturated carbocycles. The Morgan fingerprint density at radius 2 is 2.25 bits per heavy atom. The summed E-state index contributed by atoms with van der Waals surface area (Å²) in [4.78, 5) is 16.7. The number of oxime groups is 1. The van der Waals surface area contributed by atoms with Crippen LogP contribution in [-0.2, 0) is 9.63 Å². The van der Waals surface area contributed by atoms with Gasteiger partial charge in [-0.1, -0.05) is 23.4 Å². The quantitative estimate of drug-likeness (QED) is 0.786. The number of hydrogen-bond acceptors (Lipinski definition) is 4. The highest BCUT2D eigenvalue weighted by molar-refractivity contribution is 6.43. The summed E-state index contributed by atoms with van der Waals surface area (Å²) in [5, 5.41) is 6.45. The van der Waals surface area contributed by atoms with E-state index in [2.05, 4.69) is 10.5 Å². The van der Waals surface area contributed by atoms with Gasteiger partial charge in [0.05, 0.1) is 0 Å². The molecule has 1 aliphatic rings. The highest BCUT2D eigenvalue weighted by Gasteiger charge is 2.24. The predicted octanol–water partition coefficient (Wildman–Crippen LogP) is 0.729.